The third-order valence-corrected chi connectivity index (χ3v) is 0. The second kappa shape index (κ2) is 21.3. The summed E-state index contributed by atoms with van der Waals surface area (Å²) in [4.78, 5) is 0. The fraction of sp³-hybridized carbons (Fsp3) is 0. The molecule has 0 fully saturated rings. The molecule has 0 saturated carbocycles. The molecule has 0 aromatic carbocycles. The van der Waals surface area contributed by atoms with E-state index in [1.807, 2.05) is 0 Å². The zero-order valence-corrected chi connectivity index (χ0v) is 23.6. The number of rotatable bonds is 0. The summed E-state index contributed by atoms with van der Waals surface area (Å²) in [5.74, 6) is 0. The molecule has 0 saturated heterocycles. The fourth-order valence-corrected chi connectivity index (χ4v) is 0. The Balaban J connectivity index is -0.0000000188. The molecule has 130 valence electrons. The Labute approximate surface area is 193 Å². The molecule has 0 aliphatic rings. The summed E-state index contributed by atoms with van der Waals surface area (Å²) in [6, 6.07) is 0. The maximum Gasteiger partial charge on any atom is 0.440 e. The van der Waals surface area contributed by atoms with Crippen molar-refractivity contribution in [1.29, 1.82) is 0 Å². The van der Waals surface area contributed by atoms with Crippen molar-refractivity contribution in [3.8, 4) is 0 Å². The first-order chi connectivity index (χ1) is 7.46. The first-order valence-electron chi connectivity index (χ1n) is 2.82. The summed E-state index contributed by atoms with van der Waals surface area (Å²) < 4.78 is 0. The van der Waals surface area contributed by atoms with Gasteiger partial charge in [-0.25, -0.2) is 0 Å². The lowest BCUT2D eigenvalue weighted by Crippen LogP contribution is -1.92. The third-order valence-electron chi connectivity index (χ3n) is 0. The number of hydrogen-bond donors (Lipinski definition) is 0. The summed E-state index contributed by atoms with van der Waals surface area (Å²) in [7, 11) is 0. The van der Waals surface area contributed by atoms with Crippen molar-refractivity contribution in [2.24, 2.45) is 0 Å². The van der Waals surface area contributed by atoms with Crippen molar-refractivity contribution < 1.29 is 4.28 Å². The molecule has 19 heteroatoms. The van der Waals surface area contributed by atoms with Crippen LogP contribution in [0.3, 0.4) is 0 Å². The molecule has 0 spiro atoms. The minimum absolute atomic E-state index is 0. The van der Waals surface area contributed by atoms with Crippen molar-refractivity contribution in [3.05, 3.63) is 0 Å². The second-order valence-electron chi connectivity index (χ2n) is 1.35. The minimum Gasteiger partial charge on any atom is -0.147 e. The van der Waals surface area contributed by atoms with Gasteiger partial charge in [0, 0.05) is 4.28 Å². The first kappa shape index (κ1) is 35.3. The maximum absolute atomic E-state index is 4.97. The van der Waals surface area contributed by atoms with Gasteiger partial charge in [0.15, 0.2) is 0 Å². The third kappa shape index (κ3) is 384. The van der Waals surface area contributed by atoms with Gasteiger partial charge in [-0.3, -0.25) is 0 Å². The maximum atomic E-state index is 4.97. The van der Waals surface area contributed by atoms with Gasteiger partial charge in [0.25, 0.3) is 0 Å². The fourth-order valence-electron chi connectivity index (χ4n) is 0. The Morgan fingerprint density at radius 2 is 0.526 bits per heavy atom. The van der Waals surface area contributed by atoms with Crippen LogP contribution in [0, 0.1) is 0 Å². The van der Waals surface area contributed by atoms with Crippen LogP contribution in [-0.4, -0.2) is 24.1 Å². The van der Waals surface area contributed by atoms with Gasteiger partial charge in [-0.2, -0.15) is 0 Å². The molecule has 0 amide bonds. The van der Waals surface area contributed by atoms with E-state index in [1.165, 1.54) is 0 Å². The van der Waals surface area contributed by atoms with Crippen LogP contribution < -0.4 is 0 Å². The summed E-state index contributed by atoms with van der Waals surface area (Å²) in [5, 5.41) is -5.44. The molecule has 0 radical (unpaired) electrons. The van der Waals surface area contributed by atoms with Gasteiger partial charge in [0.1, 0.15) is 0 Å². The lowest BCUT2D eigenvalue weighted by atomic mass is 27.6. The van der Waals surface area contributed by atoms with Gasteiger partial charge in [-0.15, -0.1) is 168 Å². The summed E-state index contributed by atoms with van der Waals surface area (Å²) in [6.07, 6.45) is 0. The summed E-state index contributed by atoms with van der Waals surface area (Å²) in [6.45, 7) is -3.44. The van der Waals surface area contributed by atoms with E-state index >= 15 is 0 Å². The van der Waals surface area contributed by atoms with Gasteiger partial charge in [-0.05, 0) is 0 Å². The van der Waals surface area contributed by atoms with Crippen LogP contribution in [0.15, 0.2) is 0 Å². The highest BCUT2D eigenvalue weighted by atomic mass is 36.0. The van der Waals surface area contributed by atoms with E-state index in [9.17, 15) is 0 Å². The molecule has 0 aromatic rings. The molecule has 0 bridgehead atoms. The average molecular weight is 654 g/mol. The Morgan fingerprint density at radius 1 is 0.526 bits per heavy atom. The Hall–Kier alpha value is 5.22. The lowest BCUT2D eigenvalue weighted by molar-refractivity contribution is 3.80. The number of halogens is 15. The molecular formula is H9Cl15Si4. The van der Waals surface area contributed by atoms with Gasteiger partial charge in [0.05, 0.1) is 0 Å². The van der Waals surface area contributed by atoms with E-state index in [1.54, 1.807) is 0 Å². The van der Waals surface area contributed by atoms with Crippen LogP contribution in [0.2, 0.25) is 0 Å². The first-order valence-corrected chi connectivity index (χ1v) is 25.4. The van der Waals surface area contributed by atoms with E-state index in [0.717, 1.165) is 0 Å². The minimum atomic E-state index is -2.72. The van der Waals surface area contributed by atoms with Crippen LogP contribution >= 0.6 is 168 Å². The largest absolute Gasteiger partial charge is 0.440 e. The molecule has 0 aromatic heterocycles. The van der Waals surface area contributed by atoms with Crippen molar-refractivity contribution in [2.75, 3.05) is 0 Å². The van der Waals surface area contributed by atoms with Crippen molar-refractivity contribution >= 4 is 192 Å². The zero-order valence-electron chi connectivity index (χ0n) is 7.85. The van der Waals surface area contributed by atoms with Crippen molar-refractivity contribution in [3.63, 3.8) is 0 Å². The Morgan fingerprint density at radius 3 is 0.526 bits per heavy atom. The highest BCUT2D eigenvalue weighted by molar-refractivity contribution is 7.81. The molecule has 0 aliphatic carbocycles. The Kier molecular flexibility index (Phi) is 39.6. The topological polar surface area (TPSA) is 0 Å². The van der Waals surface area contributed by atoms with E-state index in [4.69, 9.17) is 155 Å². The Bertz CT molecular complexity index is 118. The molecule has 0 heterocycles. The van der Waals surface area contributed by atoms with Crippen LogP contribution in [0.4, 0.5) is 0 Å². The second-order valence-corrected chi connectivity index (χ2v) is 36.5. The van der Waals surface area contributed by atoms with E-state index in [0.29, 0.717) is 0 Å². The van der Waals surface area contributed by atoms with Gasteiger partial charge >= 0.3 is 24.1 Å². The lowest BCUT2D eigenvalue weighted by Gasteiger charge is -1.85. The highest BCUT2D eigenvalue weighted by Gasteiger charge is 2.19. The predicted octanol–water partition coefficient (Wildman–Crippen LogP) is 8.75. The summed E-state index contributed by atoms with van der Waals surface area (Å²) >= 11 is 69.4. The normalized spacial score (nSPS) is 10.1. The molecule has 0 N–H and O–H groups in total. The molecular weight excluding hydrogens is 644 g/mol. The molecule has 0 nitrogen and oxygen atoms in total. The van der Waals surface area contributed by atoms with Gasteiger partial charge < -0.3 is 0 Å². The SMILES string of the molecule is Cl.Cl[SiH](Cl)Cl.Cl[SiH](Cl)Cl.Cl[Si](Cl)(Cl)Cl.Cl[Si](Cl)(Cl)Cl.[2HH].[HH].[HH]. The van der Waals surface area contributed by atoms with E-state index in [-0.39, 0.29) is 16.7 Å². The van der Waals surface area contributed by atoms with E-state index in [2.05, 4.69) is 0 Å². The average Bonchev–Trinajstić information content (AvgIpc) is 1.70. The molecule has 0 unspecified atom stereocenters. The number of hydrogen-bond acceptors (Lipinski definition) is 0. The quantitative estimate of drug-likeness (QED) is 0.181. The van der Waals surface area contributed by atoms with Crippen molar-refractivity contribution in [2.45, 2.75) is 0 Å². The summed E-state index contributed by atoms with van der Waals surface area (Å²) in [5.41, 5.74) is 0. The monoisotopic (exact) mass is 647 g/mol. The van der Waals surface area contributed by atoms with Crippen molar-refractivity contribution in [1.82, 2.24) is 0 Å². The predicted molar refractivity (Wildman–Crippen MR) is 121 cm³/mol. The van der Waals surface area contributed by atoms with Crippen LogP contribution in [0.1, 0.15) is 4.28 Å². The molecule has 19 heavy (non-hydrogen) atoms. The van der Waals surface area contributed by atoms with Gasteiger partial charge in [0.2, 0.25) is 0 Å². The molecule has 0 aliphatic heterocycles. The molecule has 0 rings (SSSR count). The standard InChI is InChI=1S/2Cl4Si.2Cl3HSi.ClH.3H2/c2*1-5(2,3)4;2*1-4(2)3;;;;/h;;2*4H;4*1H/i;;;;;1+1;;. The van der Waals surface area contributed by atoms with Gasteiger partial charge in [-0.1, -0.05) is 0 Å². The smallest absolute Gasteiger partial charge is 0.147 e. The highest BCUT2D eigenvalue weighted by Crippen LogP contribution is 2.23. The van der Waals surface area contributed by atoms with Crippen LogP contribution in [0.25, 0.3) is 0 Å². The molecule has 0 atom stereocenters. The van der Waals surface area contributed by atoms with Crippen LogP contribution in [-0.2, 0) is 0 Å². The zero-order chi connectivity index (χ0) is 16.2. The van der Waals surface area contributed by atoms with E-state index < -0.39 is 24.1 Å². The van der Waals surface area contributed by atoms with Crippen LogP contribution in [0.5, 0.6) is 0 Å².